The minimum atomic E-state index is -0.949. The van der Waals surface area contributed by atoms with Crippen molar-refractivity contribution in [3.05, 3.63) is 32.8 Å². The Balaban J connectivity index is 2.90. The van der Waals surface area contributed by atoms with Gasteiger partial charge in [-0.25, -0.2) is 0 Å². The van der Waals surface area contributed by atoms with Crippen molar-refractivity contribution in [2.75, 3.05) is 0 Å². The van der Waals surface area contributed by atoms with Gasteiger partial charge in [0.1, 0.15) is 11.3 Å². The molecule has 1 unspecified atom stereocenters. The maximum absolute atomic E-state index is 11.3. The summed E-state index contributed by atoms with van der Waals surface area (Å²) in [6, 6.07) is 1.93. The summed E-state index contributed by atoms with van der Waals surface area (Å²) in [7, 11) is 0. The van der Waals surface area contributed by atoms with E-state index in [0.717, 1.165) is 5.56 Å². The first-order valence-corrected chi connectivity index (χ1v) is 5.11. The summed E-state index contributed by atoms with van der Waals surface area (Å²) in [6.45, 7) is 3.10. The maximum atomic E-state index is 11.3. The molecule has 1 aromatic rings. The van der Waals surface area contributed by atoms with Crippen molar-refractivity contribution in [2.45, 2.75) is 25.8 Å². The van der Waals surface area contributed by atoms with E-state index in [9.17, 15) is 4.79 Å². The van der Waals surface area contributed by atoms with E-state index < -0.39 is 5.54 Å². The van der Waals surface area contributed by atoms with Crippen LogP contribution in [0.5, 0.6) is 0 Å². The van der Waals surface area contributed by atoms with Crippen LogP contribution in [0.4, 0.5) is 0 Å². The molecule has 0 aliphatic carbocycles. The number of ketones is 1. The van der Waals surface area contributed by atoms with Gasteiger partial charge in [-0.05, 0) is 48.2 Å². The first-order chi connectivity index (χ1) is 6.58. The number of carbonyl (C=O) groups is 1. The van der Waals surface area contributed by atoms with Gasteiger partial charge in [-0.2, -0.15) is 11.3 Å². The zero-order chi connectivity index (χ0) is 10.6. The van der Waals surface area contributed by atoms with Gasteiger partial charge in [0.25, 0.3) is 0 Å². The molecule has 1 rings (SSSR count). The molecule has 0 saturated heterocycles. The van der Waals surface area contributed by atoms with Crippen LogP contribution in [0.25, 0.3) is 10.4 Å². The lowest BCUT2D eigenvalue weighted by Gasteiger charge is -2.19. The Kier molecular flexibility index (Phi) is 3.28. The van der Waals surface area contributed by atoms with Crippen molar-refractivity contribution in [3.8, 4) is 0 Å². The van der Waals surface area contributed by atoms with E-state index in [1.165, 1.54) is 6.92 Å². The smallest absolute Gasteiger partial charge is 0.141 e. The molecular formula is C9H11N3OS. The molecule has 74 valence electrons. The van der Waals surface area contributed by atoms with Gasteiger partial charge in [0, 0.05) is 4.91 Å². The molecule has 0 fully saturated rings. The molecule has 0 bridgehead atoms. The van der Waals surface area contributed by atoms with Crippen molar-refractivity contribution >= 4 is 17.1 Å². The summed E-state index contributed by atoms with van der Waals surface area (Å²) in [4.78, 5) is 14.0. The predicted molar refractivity (Wildman–Crippen MR) is 56.3 cm³/mol. The minimum absolute atomic E-state index is 0.110. The predicted octanol–water partition coefficient (Wildman–Crippen LogP) is 2.95. The van der Waals surface area contributed by atoms with E-state index in [0.29, 0.717) is 6.42 Å². The quantitative estimate of drug-likeness (QED) is 0.427. The van der Waals surface area contributed by atoms with E-state index in [-0.39, 0.29) is 5.78 Å². The van der Waals surface area contributed by atoms with Gasteiger partial charge in [0.05, 0.1) is 0 Å². The molecule has 0 N–H and O–H groups in total. The zero-order valence-corrected chi connectivity index (χ0v) is 8.91. The van der Waals surface area contributed by atoms with Crippen molar-refractivity contribution < 1.29 is 4.79 Å². The number of hydrogen-bond acceptors (Lipinski definition) is 3. The highest BCUT2D eigenvalue weighted by atomic mass is 32.1. The molecule has 0 amide bonds. The molecule has 14 heavy (non-hydrogen) atoms. The second-order valence-corrected chi connectivity index (χ2v) is 4.11. The van der Waals surface area contributed by atoms with Crippen molar-refractivity contribution in [1.82, 2.24) is 0 Å². The minimum Gasteiger partial charge on any atom is -0.299 e. The second-order valence-electron chi connectivity index (χ2n) is 3.33. The van der Waals surface area contributed by atoms with Crippen molar-refractivity contribution in [2.24, 2.45) is 5.11 Å². The SMILES string of the molecule is CC(=O)C(C)(Cc1ccsc1)N=[N+]=[N-]. The number of Topliss-reactive ketones (excluding diaryl/α,β-unsaturated/α-hetero) is 1. The molecular weight excluding hydrogens is 198 g/mol. The average molecular weight is 209 g/mol. The van der Waals surface area contributed by atoms with Crippen LogP contribution in [0, 0.1) is 0 Å². The molecule has 0 saturated carbocycles. The fraction of sp³-hybridized carbons (Fsp3) is 0.444. The van der Waals surface area contributed by atoms with E-state index in [1.54, 1.807) is 18.3 Å². The molecule has 0 spiro atoms. The average Bonchev–Trinajstić information content (AvgIpc) is 2.56. The number of carbonyl (C=O) groups excluding carboxylic acids is 1. The summed E-state index contributed by atoms with van der Waals surface area (Å²) in [5.41, 5.74) is 8.47. The van der Waals surface area contributed by atoms with Crippen LogP contribution in [0.2, 0.25) is 0 Å². The Morgan fingerprint density at radius 1 is 1.79 bits per heavy atom. The van der Waals surface area contributed by atoms with E-state index in [1.807, 2.05) is 16.8 Å². The highest BCUT2D eigenvalue weighted by Gasteiger charge is 2.28. The lowest BCUT2D eigenvalue weighted by atomic mass is 9.91. The topological polar surface area (TPSA) is 65.8 Å². The number of thiophene rings is 1. The maximum Gasteiger partial charge on any atom is 0.141 e. The number of hydrogen-bond donors (Lipinski definition) is 0. The lowest BCUT2D eigenvalue weighted by molar-refractivity contribution is -0.121. The third-order valence-electron chi connectivity index (χ3n) is 2.15. The van der Waals surface area contributed by atoms with Crippen LogP contribution in [0.1, 0.15) is 19.4 Å². The van der Waals surface area contributed by atoms with Gasteiger partial charge in [0.2, 0.25) is 0 Å². The van der Waals surface area contributed by atoms with Crippen LogP contribution in [-0.4, -0.2) is 11.3 Å². The fourth-order valence-corrected chi connectivity index (χ4v) is 1.79. The van der Waals surface area contributed by atoms with Crippen LogP contribution in [0.15, 0.2) is 21.9 Å². The molecule has 1 atom stereocenters. The summed E-state index contributed by atoms with van der Waals surface area (Å²) in [5.74, 6) is -0.110. The monoisotopic (exact) mass is 209 g/mol. The summed E-state index contributed by atoms with van der Waals surface area (Å²) in [6.07, 6.45) is 0.468. The molecule has 0 radical (unpaired) electrons. The Hall–Kier alpha value is -1.32. The van der Waals surface area contributed by atoms with Gasteiger partial charge < -0.3 is 0 Å². The molecule has 4 nitrogen and oxygen atoms in total. The standard InChI is InChI=1S/C9H11N3OS/c1-7(13)9(2,11-12-10)5-8-3-4-14-6-8/h3-4,6H,5H2,1-2H3. The molecule has 0 aromatic carbocycles. The van der Waals surface area contributed by atoms with Gasteiger partial charge in [-0.1, -0.05) is 5.11 Å². The van der Waals surface area contributed by atoms with Gasteiger partial charge in [-0.3, -0.25) is 4.79 Å². The zero-order valence-electron chi connectivity index (χ0n) is 8.10. The Morgan fingerprint density at radius 2 is 2.50 bits per heavy atom. The third-order valence-corrected chi connectivity index (χ3v) is 2.88. The van der Waals surface area contributed by atoms with Gasteiger partial charge in [-0.15, -0.1) is 0 Å². The first kappa shape index (κ1) is 10.8. The molecule has 1 heterocycles. The van der Waals surface area contributed by atoms with Crippen molar-refractivity contribution in [3.63, 3.8) is 0 Å². The Morgan fingerprint density at radius 3 is 2.93 bits per heavy atom. The normalized spacial score (nSPS) is 14.1. The molecule has 0 aliphatic heterocycles. The summed E-state index contributed by atoms with van der Waals surface area (Å²) >= 11 is 1.56. The largest absolute Gasteiger partial charge is 0.299 e. The highest BCUT2D eigenvalue weighted by Crippen LogP contribution is 2.20. The Labute approximate surface area is 86.2 Å². The van der Waals surface area contributed by atoms with Crippen molar-refractivity contribution in [1.29, 1.82) is 0 Å². The Bertz CT molecular complexity index is 363. The van der Waals surface area contributed by atoms with E-state index in [2.05, 4.69) is 10.0 Å². The number of rotatable bonds is 4. The number of azide groups is 1. The first-order valence-electron chi connectivity index (χ1n) is 4.17. The van der Waals surface area contributed by atoms with Crippen LogP contribution < -0.4 is 0 Å². The lowest BCUT2D eigenvalue weighted by Crippen LogP contribution is -2.32. The molecule has 0 aliphatic rings. The van der Waals surface area contributed by atoms with Crippen LogP contribution in [-0.2, 0) is 11.2 Å². The molecule has 1 aromatic heterocycles. The van der Waals surface area contributed by atoms with Gasteiger partial charge in [0.15, 0.2) is 0 Å². The number of nitrogens with zero attached hydrogens (tertiary/aromatic N) is 3. The highest BCUT2D eigenvalue weighted by molar-refractivity contribution is 7.07. The third kappa shape index (κ3) is 2.34. The van der Waals surface area contributed by atoms with E-state index >= 15 is 0 Å². The second kappa shape index (κ2) is 4.26. The van der Waals surface area contributed by atoms with Crippen LogP contribution >= 0.6 is 11.3 Å². The van der Waals surface area contributed by atoms with Gasteiger partial charge >= 0.3 is 0 Å². The molecule has 5 heteroatoms. The van der Waals surface area contributed by atoms with E-state index in [4.69, 9.17) is 5.53 Å². The van der Waals surface area contributed by atoms with Crippen LogP contribution in [0.3, 0.4) is 0 Å². The fourth-order valence-electron chi connectivity index (χ4n) is 1.12. The summed E-state index contributed by atoms with van der Waals surface area (Å²) in [5, 5.41) is 7.46. The summed E-state index contributed by atoms with van der Waals surface area (Å²) < 4.78 is 0.